The summed E-state index contributed by atoms with van der Waals surface area (Å²) in [5, 5.41) is 0. The van der Waals surface area contributed by atoms with Gasteiger partial charge < -0.3 is 14.4 Å². The van der Waals surface area contributed by atoms with E-state index >= 15 is 0 Å². The van der Waals surface area contributed by atoms with Crippen LogP contribution in [0.5, 0.6) is 5.75 Å². The van der Waals surface area contributed by atoms with Crippen molar-refractivity contribution in [3.05, 3.63) is 60.2 Å². The number of carbonyl (C=O) groups is 1. The largest absolute Gasteiger partial charge is 0.491 e. The number of piperazine rings is 1. The van der Waals surface area contributed by atoms with Crippen molar-refractivity contribution in [2.45, 2.75) is 23.8 Å². The molecule has 2 heterocycles. The lowest BCUT2D eigenvalue weighted by Gasteiger charge is -2.34. The Kier molecular flexibility index (Phi) is 6.36. The van der Waals surface area contributed by atoms with Crippen molar-refractivity contribution >= 4 is 15.9 Å². The highest BCUT2D eigenvalue weighted by Gasteiger charge is 2.30. The molecule has 2 aliphatic rings. The fraction of sp³-hybridized carbons (Fsp3) is 0.409. The summed E-state index contributed by atoms with van der Waals surface area (Å²) in [5.41, 5.74) is 0.568. The Morgan fingerprint density at radius 1 is 1.00 bits per heavy atom. The molecule has 0 saturated carbocycles. The lowest BCUT2D eigenvalue weighted by atomic mass is 10.2. The van der Waals surface area contributed by atoms with Crippen molar-refractivity contribution in [3.8, 4) is 5.75 Å². The van der Waals surface area contributed by atoms with Crippen LogP contribution < -0.4 is 4.74 Å². The second-order valence-electron chi connectivity index (χ2n) is 7.48. The summed E-state index contributed by atoms with van der Waals surface area (Å²) in [6.45, 7) is 2.61. The first-order chi connectivity index (χ1) is 14.5. The highest BCUT2D eigenvalue weighted by Crippen LogP contribution is 2.20. The molecule has 2 aliphatic heterocycles. The minimum absolute atomic E-state index is 0.0996. The molecule has 4 rings (SSSR count). The summed E-state index contributed by atoms with van der Waals surface area (Å²) in [5.74, 6) is 0.609. The number of carbonyl (C=O) groups excluding carboxylic acids is 1. The molecule has 0 aromatic heterocycles. The number of hydrogen-bond acceptors (Lipinski definition) is 5. The Balaban J connectivity index is 1.31. The van der Waals surface area contributed by atoms with Gasteiger partial charge in [-0.1, -0.05) is 18.2 Å². The van der Waals surface area contributed by atoms with E-state index in [1.807, 2.05) is 0 Å². The molecule has 2 saturated heterocycles. The first-order valence-corrected chi connectivity index (χ1v) is 11.7. The van der Waals surface area contributed by atoms with Gasteiger partial charge in [-0.3, -0.25) is 4.79 Å². The fourth-order valence-corrected chi connectivity index (χ4v) is 5.16. The zero-order valence-electron chi connectivity index (χ0n) is 16.8. The van der Waals surface area contributed by atoms with Crippen LogP contribution in [0, 0.1) is 0 Å². The zero-order chi connectivity index (χ0) is 21.0. The normalized spacial score (nSPS) is 20.3. The smallest absolute Gasteiger partial charge is 0.253 e. The highest BCUT2D eigenvalue weighted by atomic mass is 32.2. The van der Waals surface area contributed by atoms with Crippen LogP contribution in [0.25, 0.3) is 0 Å². The second-order valence-corrected chi connectivity index (χ2v) is 9.42. The van der Waals surface area contributed by atoms with E-state index in [-0.39, 0.29) is 30.0 Å². The van der Waals surface area contributed by atoms with Gasteiger partial charge in [-0.25, -0.2) is 8.42 Å². The summed E-state index contributed by atoms with van der Waals surface area (Å²) in [6.07, 6.45) is 2.24. The quantitative estimate of drug-likeness (QED) is 0.703. The summed E-state index contributed by atoms with van der Waals surface area (Å²) in [4.78, 5) is 14.8. The molecule has 2 fully saturated rings. The maximum Gasteiger partial charge on any atom is 0.253 e. The Bertz CT molecular complexity index is 949. The third kappa shape index (κ3) is 4.66. The molecule has 0 aliphatic carbocycles. The minimum atomic E-state index is -3.53. The molecule has 2 aromatic rings. The molecule has 160 valence electrons. The molecule has 0 N–H and O–H groups in total. The van der Waals surface area contributed by atoms with Crippen molar-refractivity contribution in [2.24, 2.45) is 0 Å². The number of benzene rings is 2. The average molecular weight is 431 g/mol. The Morgan fingerprint density at radius 2 is 1.70 bits per heavy atom. The molecule has 1 atom stereocenters. The van der Waals surface area contributed by atoms with Gasteiger partial charge in [0.25, 0.3) is 5.91 Å². The van der Waals surface area contributed by atoms with Crippen LogP contribution in [0.3, 0.4) is 0 Å². The van der Waals surface area contributed by atoms with Crippen LogP contribution in [-0.4, -0.2) is 69.0 Å². The molecule has 7 nitrogen and oxygen atoms in total. The van der Waals surface area contributed by atoms with E-state index in [2.05, 4.69) is 0 Å². The van der Waals surface area contributed by atoms with E-state index in [0.29, 0.717) is 31.0 Å². The Morgan fingerprint density at radius 3 is 2.33 bits per heavy atom. The topological polar surface area (TPSA) is 76.2 Å². The lowest BCUT2D eigenvalue weighted by Crippen LogP contribution is -2.50. The van der Waals surface area contributed by atoms with E-state index < -0.39 is 10.0 Å². The zero-order valence-corrected chi connectivity index (χ0v) is 17.6. The molecule has 30 heavy (non-hydrogen) atoms. The molecule has 2 aromatic carbocycles. The van der Waals surface area contributed by atoms with E-state index in [4.69, 9.17) is 9.47 Å². The SMILES string of the molecule is O=C(c1ccc(OCC2CCCO2)cc1)N1CCN(S(=O)(=O)c2ccccc2)CC1. The molecule has 1 unspecified atom stereocenters. The summed E-state index contributed by atoms with van der Waals surface area (Å²) < 4.78 is 38.2. The number of amides is 1. The fourth-order valence-electron chi connectivity index (χ4n) is 3.71. The van der Waals surface area contributed by atoms with Gasteiger partial charge in [0.1, 0.15) is 12.4 Å². The van der Waals surface area contributed by atoms with Gasteiger partial charge in [0.05, 0.1) is 11.0 Å². The van der Waals surface area contributed by atoms with Crippen LogP contribution in [0.1, 0.15) is 23.2 Å². The Hall–Kier alpha value is -2.42. The number of sulfonamides is 1. The van der Waals surface area contributed by atoms with E-state index in [9.17, 15) is 13.2 Å². The first-order valence-electron chi connectivity index (χ1n) is 10.2. The molecule has 0 spiro atoms. The third-order valence-electron chi connectivity index (χ3n) is 5.47. The van der Waals surface area contributed by atoms with Crippen molar-refractivity contribution < 1.29 is 22.7 Å². The number of hydrogen-bond donors (Lipinski definition) is 0. The van der Waals surface area contributed by atoms with Gasteiger partial charge in [-0.15, -0.1) is 0 Å². The lowest BCUT2D eigenvalue weighted by molar-refractivity contribution is 0.0676. The first kappa shape index (κ1) is 20.8. The van der Waals surface area contributed by atoms with E-state index in [0.717, 1.165) is 19.4 Å². The van der Waals surface area contributed by atoms with Crippen LogP contribution in [0.15, 0.2) is 59.5 Å². The van der Waals surface area contributed by atoms with E-state index in [1.54, 1.807) is 59.5 Å². The number of nitrogens with zero attached hydrogens (tertiary/aromatic N) is 2. The third-order valence-corrected chi connectivity index (χ3v) is 7.38. The summed E-state index contributed by atoms with van der Waals surface area (Å²) in [6, 6.07) is 15.5. The van der Waals surface area contributed by atoms with Gasteiger partial charge in [-0.2, -0.15) is 4.31 Å². The maximum atomic E-state index is 12.8. The second kappa shape index (κ2) is 9.16. The highest BCUT2D eigenvalue weighted by molar-refractivity contribution is 7.89. The maximum absolute atomic E-state index is 12.8. The molecule has 1 amide bonds. The molecule has 0 bridgehead atoms. The average Bonchev–Trinajstić information content (AvgIpc) is 3.32. The van der Waals surface area contributed by atoms with Gasteiger partial charge in [0.2, 0.25) is 10.0 Å². The van der Waals surface area contributed by atoms with Gasteiger partial charge in [-0.05, 0) is 49.2 Å². The standard InChI is InChI=1S/C22H26N2O5S/c25-22(18-8-10-19(11-9-18)29-17-20-5-4-16-28-20)23-12-14-24(15-13-23)30(26,27)21-6-2-1-3-7-21/h1-3,6-11,20H,4-5,12-17H2. The van der Waals surface area contributed by atoms with Crippen LogP contribution >= 0.6 is 0 Å². The summed E-state index contributed by atoms with van der Waals surface area (Å²) in [7, 11) is -3.53. The molecule has 8 heteroatoms. The minimum Gasteiger partial charge on any atom is -0.491 e. The monoisotopic (exact) mass is 430 g/mol. The number of ether oxygens (including phenoxy) is 2. The summed E-state index contributed by atoms with van der Waals surface area (Å²) >= 11 is 0. The van der Waals surface area contributed by atoms with Crippen LogP contribution in [-0.2, 0) is 14.8 Å². The molecule has 0 radical (unpaired) electrons. The van der Waals surface area contributed by atoms with Gasteiger partial charge in [0, 0.05) is 38.3 Å². The van der Waals surface area contributed by atoms with Crippen LogP contribution in [0.2, 0.25) is 0 Å². The van der Waals surface area contributed by atoms with Crippen molar-refractivity contribution in [1.82, 2.24) is 9.21 Å². The van der Waals surface area contributed by atoms with Crippen molar-refractivity contribution in [1.29, 1.82) is 0 Å². The number of rotatable bonds is 6. The van der Waals surface area contributed by atoms with E-state index in [1.165, 1.54) is 4.31 Å². The van der Waals surface area contributed by atoms with Crippen LogP contribution in [0.4, 0.5) is 0 Å². The van der Waals surface area contributed by atoms with Gasteiger partial charge in [0.15, 0.2) is 0 Å². The Labute approximate surface area is 177 Å². The van der Waals surface area contributed by atoms with Crippen molar-refractivity contribution in [3.63, 3.8) is 0 Å². The predicted octanol–water partition coefficient (Wildman–Crippen LogP) is 2.39. The van der Waals surface area contributed by atoms with Crippen molar-refractivity contribution in [2.75, 3.05) is 39.4 Å². The van der Waals surface area contributed by atoms with Gasteiger partial charge >= 0.3 is 0 Å². The molecular formula is C22H26N2O5S. The molecular weight excluding hydrogens is 404 g/mol. The predicted molar refractivity (Wildman–Crippen MR) is 112 cm³/mol.